The van der Waals surface area contributed by atoms with Gasteiger partial charge in [0, 0.05) is 18.0 Å². The van der Waals surface area contributed by atoms with Crippen molar-refractivity contribution in [2.45, 2.75) is 19.3 Å². The minimum atomic E-state index is -0.306. The zero-order valence-corrected chi connectivity index (χ0v) is 18.4. The molecule has 3 aromatic rings. The Morgan fingerprint density at radius 2 is 1.77 bits per heavy atom. The van der Waals surface area contributed by atoms with Crippen molar-refractivity contribution < 1.29 is 13.9 Å². The van der Waals surface area contributed by atoms with Gasteiger partial charge >= 0.3 is 0 Å². The molecule has 30 heavy (non-hydrogen) atoms. The molecule has 5 heteroatoms. The van der Waals surface area contributed by atoms with E-state index in [0.29, 0.717) is 12.2 Å². The summed E-state index contributed by atoms with van der Waals surface area (Å²) >= 11 is 3.67. The van der Waals surface area contributed by atoms with E-state index in [1.54, 1.807) is 12.1 Å². The highest BCUT2D eigenvalue weighted by Crippen LogP contribution is 2.33. The molecule has 0 radical (unpaired) electrons. The largest absolute Gasteiger partial charge is 0.492 e. The van der Waals surface area contributed by atoms with Gasteiger partial charge in [0.1, 0.15) is 11.6 Å². The minimum absolute atomic E-state index is 0.0384. The molecule has 0 spiro atoms. The van der Waals surface area contributed by atoms with Crippen molar-refractivity contribution in [3.05, 3.63) is 76.5 Å². The summed E-state index contributed by atoms with van der Waals surface area (Å²) in [5.74, 6) is 0.743. The van der Waals surface area contributed by atoms with Crippen molar-refractivity contribution >= 4 is 32.5 Å². The molecule has 0 aromatic heterocycles. The van der Waals surface area contributed by atoms with Gasteiger partial charge in [-0.05, 0) is 89.4 Å². The molecule has 156 valence electrons. The summed E-state index contributed by atoms with van der Waals surface area (Å²) in [4.78, 5) is 15.0. The fourth-order valence-corrected chi connectivity index (χ4v) is 4.67. The van der Waals surface area contributed by atoms with Crippen LogP contribution in [0.1, 0.15) is 29.6 Å². The number of benzene rings is 3. The molecule has 0 unspecified atom stereocenters. The van der Waals surface area contributed by atoms with Gasteiger partial charge in [0.25, 0.3) is 0 Å². The van der Waals surface area contributed by atoms with E-state index in [0.717, 1.165) is 54.5 Å². The van der Waals surface area contributed by atoms with Gasteiger partial charge in [-0.15, -0.1) is 0 Å². The number of rotatable bonds is 7. The Morgan fingerprint density at radius 3 is 2.53 bits per heavy atom. The summed E-state index contributed by atoms with van der Waals surface area (Å²) in [6.07, 6.45) is 2.65. The molecule has 0 bridgehead atoms. The van der Waals surface area contributed by atoms with E-state index < -0.39 is 0 Å². The van der Waals surface area contributed by atoms with E-state index in [9.17, 15) is 9.18 Å². The van der Waals surface area contributed by atoms with Crippen LogP contribution in [-0.4, -0.2) is 36.9 Å². The van der Waals surface area contributed by atoms with Gasteiger partial charge in [-0.25, -0.2) is 4.39 Å². The molecule has 3 aromatic carbocycles. The number of fused-ring (bicyclic) bond motifs is 1. The fourth-order valence-electron chi connectivity index (χ4n) is 4.06. The summed E-state index contributed by atoms with van der Waals surface area (Å²) in [6, 6.07) is 18.2. The monoisotopic (exact) mass is 469 g/mol. The highest BCUT2D eigenvalue weighted by Gasteiger charge is 2.25. The van der Waals surface area contributed by atoms with E-state index in [1.165, 1.54) is 17.5 Å². The Bertz CT molecular complexity index is 1010. The molecule has 0 atom stereocenters. The molecule has 1 saturated heterocycles. The number of ether oxygens (including phenoxy) is 1. The molecule has 1 aliphatic heterocycles. The van der Waals surface area contributed by atoms with Crippen LogP contribution >= 0.6 is 15.9 Å². The molecule has 0 saturated carbocycles. The maximum atomic E-state index is 13.1. The predicted octanol–water partition coefficient (Wildman–Crippen LogP) is 6.11. The maximum Gasteiger partial charge on any atom is 0.166 e. The first-order chi connectivity index (χ1) is 14.6. The van der Waals surface area contributed by atoms with E-state index >= 15 is 0 Å². The van der Waals surface area contributed by atoms with Crippen molar-refractivity contribution in [3.8, 4) is 5.75 Å². The lowest BCUT2D eigenvalue weighted by atomic mass is 9.89. The lowest BCUT2D eigenvalue weighted by molar-refractivity contribution is 0.0835. The first-order valence-electron chi connectivity index (χ1n) is 10.4. The average Bonchev–Trinajstić information content (AvgIpc) is 2.79. The summed E-state index contributed by atoms with van der Waals surface area (Å²) < 4.78 is 20.1. The number of halogens is 2. The van der Waals surface area contributed by atoms with Gasteiger partial charge < -0.3 is 9.64 Å². The van der Waals surface area contributed by atoms with Crippen LogP contribution < -0.4 is 4.74 Å². The number of carbonyl (C=O) groups excluding carboxylic acids is 1. The van der Waals surface area contributed by atoms with Gasteiger partial charge in [0.2, 0.25) is 0 Å². The lowest BCUT2D eigenvalue weighted by Gasteiger charge is -2.31. The highest BCUT2D eigenvalue weighted by molar-refractivity contribution is 9.10. The predicted molar refractivity (Wildman–Crippen MR) is 122 cm³/mol. The van der Waals surface area contributed by atoms with Crippen LogP contribution in [0.3, 0.4) is 0 Å². The minimum Gasteiger partial charge on any atom is -0.492 e. The van der Waals surface area contributed by atoms with Crippen molar-refractivity contribution in [1.29, 1.82) is 0 Å². The molecule has 0 N–H and O–H groups in total. The SMILES string of the molecule is O=C(c1ccc(F)cc1)C1CCN(CCCOc2ccc3ccccc3c2Br)CC1. The van der Waals surface area contributed by atoms with Crippen molar-refractivity contribution in [3.63, 3.8) is 0 Å². The summed E-state index contributed by atoms with van der Waals surface area (Å²) in [6.45, 7) is 3.45. The quantitative estimate of drug-likeness (QED) is 0.309. The van der Waals surface area contributed by atoms with Gasteiger partial charge in [-0.1, -0.05) is 30.3 Å². The zero-order chi connectivity index (χ0) is 20.9. The third-order valence-electron chi connectivity index (χ3n) is 5.79. The molecule has 0 aliphatic carbocycles. The molecule has 1 aliphatic rings. The number of carbonyl (C=O) groups is 1. The molecule has 0 amide bonds. The van der Waals surface area contributed by atoms with Gasteiger partial charge in [0.05, 0.1) is 11.1 Å². The van der Waals surface area contributed by atoms with Crippen LogP contribution in [-0.2, 0) is 0 Å². The summed E-state index contributed by atoms with van der Waals surface area (Å²) in [5.41, 5.74) is 0.615. The molecule has 4 rings (SSSR count). The smallest absolute Gasteiger partial charge is 0.166 e. The lowest BCUT2D eigenvalue weighted by Crippen LogP contribution is -2.37. The van der Waals surface area contributed by atoms with E-state index in [4.69, 9.17) is 4.74 Å². The maximum absolute atomic E-state index is 13.1. The van der Waals surface area contributed by atoms with Gasteiger partial charge in [-0.2, -0.15) is 0 Å². The highest BCUT2D eigenvalue weighted by atomic mass is 79.9. The van der Waals surface area contributed by atoms with Crippen molar-refractivity contribution in [1.82, 2.24) is 4.90 Å². The summed E-state index contributed by atoms with van der Waals surface area (Å²) in [7, 11) is 0. The number of piperidine rings is 1. The number of hydrogen-bond donors (Lipinski definition) is 0. The Kier molecular flexibility index (Phi) is 6.80. The molecular weight excluding hydrogens is 445 g/mol. The Morgan fingerprint density at radius 1 is 1.03 bits per heavy atom. The second kappa shape index (κ2) is 9.71. The molecular formula is C25H25BrFNO2. The number of likely N-dealkylation sites (tertiary alicyclic amines) is 1. The third kappa shape index (κ3) is 4.90. The van der Waals surface area contributed by atoms with Crippen LogP contribution in [0.25, 0.3) is 10.8 Å². The molecule has 3 nitrogen and oxygen atoms in total. The first kappa shape index (κ1) is 21.0. The number of nitrogens with zero attached hydrogens (tertiary/aromatic N) is 1. The van der Waals surface area contributed by atoms with Crippen molar-refractivity contribution in [2.24, 2.45) is 5.92 Å². The fraction of sp³-hybridized carbons (Fsp3) is 0.320. The van der Waals surface area contributed by atoms with Crippen LogP contribution in [0.15, 0.2) is 65.1 Å². The van der Waals surface area contributed by atoms with Crippen LogP contribution in [0.5, 0.6) is 5.75 Å². The Hall–Kier alpha value is -2.24. The Balaban J connectivity index is 1.21. The normalized spacial score (nSPS) is 15.4. The topological polar surface area (TPSA) is 29.5 Å². The van der Waals surface area contributed by atoms with E-state index in [-0.39, 0.29) is 17.5 Å². The van der Waals surface area contributed by atoms with Crippen LogP contribution in [0.4, 0.5) is 4.39 Å². The first-order valence-corrected chi connectivity index (χ1v) is 11.2. The van der Waals surface area contributed by atoms with Gasteiger partial charge in [0.15, 0.2) is 5.78 Å². The van der Waals surface area contributed by atoms with Crippen molar-refractivity contribution in [2.75, 3.05) is 26.2 Å². The molecule has 1 fully saturated rings. The Labute approximate surface area is 185 Å². The molecule has 1 heterocycles. The van der Waals surface area contributed by atoms with Gasteiger partial charge in [-0.3, -0.25) is 4.79 Å². The third-order valence-corrected chi connectivity index (χ3v) is 6.61. The number of Topliss-reactive ketones (excluding diaryl/α,β-unsaturated/α-hetero) is 1. The second-order valence-electron chi connectivity index (χ2n) is 7.79. The zero-order valence-electron chi connectivity index (χ0n) is 16.8. The number of hydrogen-bond acceptors (Lipinski definition) is 3. The standard InChI is InChI=1S/C25H25BrFNO2/c26-24-22-5-2-1-4-18(22)8-11-23(24)30-17-3-14-28-15-12-20(13-16-28)25(29)19-6-9-21(27)10-7-19/h1-2,4-11,20H,3,12-17H2. The second-order valence-corrected chi connectivity index (χ2v) is 8.58. The summed E-state index contributed by atoms with van der Waals surface area (Å²) in [5, 5.41) is 2.35. The van der Waals surface area contributed by atoms with E-state index in [2.05, 4.69) is 39.0 Å². The number of ketones is 1. The van der Waals surface area contributed by atoms with E-state index in [1.807, 2.05) is 18.2 Å². The van der Waals surface area contributed by atoms with Crippen LogP contribution in [0, 0.1) is 11.7 Å². The average molecular weight is 470 g/mol. The van der Waals surface area contributed by atoms with Crippen LogP contribution in [0.2, 0.25) is 0 Å².